The fourth-order valence-electron chi connectivity index (χ4n) is 2.64. The number of carboxylic acids is 1. The molecule has 1 rings (SSSR count). The van der Waals surface area contributed by atoms with Crippen molar-refractivity contribution in [2.24, 2.45) is 11.8 Å². The molecule has 0 bridgehead atoms. The zero-order chi connectivity index (χ0) is 17.6. The number of carbonyl (C=O) groups is 2. The standard InChI is InChI=1S/C15H28N2O5S/c1-4-5-10-23(21,22)17-8-6-12(7-9-17)14(18)16-13(11(2)3)15(19)20/h11-13H,4-10H2,1-3H3,(H,16,18)(H,19,20)/t13-/m1/s1. The minimum absolute atomic E-state index is 0.148. The molecular weight excluding hydrogens is 320 g/mol. The summed E-state index contributed by atoms with van der Waals surface area (Å²) in [5.74, 6) is -1.72. The third kappa shape index (κ3) is 5.76. The number of carboxylic acid groups (broad SMARTS) is 1. The molecule has 1 heterocycles. The van der Waals surface area contributed by atoms with Crippen molar-refractivity contribution in [2.45, 2.75) is 52.5 Å². The fraction of sp³-hybridized carbons (Fsp3) is 0.867. The molecule has 1 aliphatic heterocycles. The van der Waals surface area contributed by atoms with Gasteiger partial charge in [-0.3, -0.25) is 4.79 Å². The van der Waals surface area contributed by atoms with E-state index in [4.69, 9.17) is 5.11 Å². The van der Waals surface area contributed by atoms with Gasteiger partial charge in [0.25, 0.3) is 0 Å². The van der Waals surface area contributed by atoms with Gasteiger partial charge in [-0.2, -0.15) is 0 Å². The van der Waals surface area contributed by atoms with Crippen molar-refractivity contribution in [2.75, 3.05) is 18.8 Å². The molecule has 0 spiro atoms. The molecule has 1 atom stereocenters. The highest BCUT2D eigenvalue weighted by Crippen LogP contribution is 2.21. The molecule has 0 aliphatic carbocycles. The highest BCUT2D eigenvalue weighted by atomic mass is 32.2. The number of sulfonamides is 1. The zero-order valence-corrected chi connectivity index (χ0v) is 14.9. The van der Waals surface area contributed by atoms with Crippen LogP contribution >= 0.6 is 0 Å². The van der Waals surface area contributed by atoms with Crippen LogP contribution in [0, 0.1) is 11.8 Å². The summed E-state index contributed by atoms with van der Waals surface area (Å²) in [5.41, 5.74) is 0. The van der Waals surface area contributed by atoms with E-state index in [2.05, 4.69) is 5.32 Å². The number of hydrogen-bond donors (Lipinski definition) is 2. The van der Waals surface area contributed by atoms with E-state index in [1.54, 1.807) is 13.8 Å². The number of nitrogens with zero attached hydrogens (tertiary/aromatic N) is 1. The molecule has 23 heavy (non-hydrogen) atoms. The molecule has 0 aromatic heterocycles. The second kappa shape index (κ2) is 8.63. The van der Waals surface area contributed by atoms with Crippen molar-refractivity contribution in [1.82, 2.24) is 9.62 Å². The molecule has 0 saturated carbocycles. The Balaban J connectivity index is 2.55. The summed E-state index contributed by atoms with van der Waals surface area (Å²) >= 11 is 0. The fourth-order valence-corrected chi connectivity index (χ4v) is 4.32. The summed E-state index contributed by atoms with van der Waals surface area (Å²) in [4.78, 5) is 23.3. The normalized spacial score (nSPS) is 18.8. The number of unbranched alkanes of at least 4 members (excludes halogenated alkanes) is 1. The quantitative estimate of drug-likeness (QED) is 0.682. The van der Waals surface area contributed by atoms with Gasteiger partial charge in [0, 0.05) is 19.0 Å². The number of nitrogens with one attached hydrogen (secondary N) is 1. The highest BCUT2D eigenvalue weighted by Gasteiger charge is 2.33. The lowest BCUT2D eigenvalue weighted by atomic mass is 9.95. The van der Waals surface area contributed by atoms with Crippen LogP contribution in [0.1, 0.15) is 46.5 Å². The summed E-state index contributed by atoms with van der Waals surface area (Å²) in [6.45, 7) is 6.07. The van der Waals surface area contributed by atoms with Gasteiger partial charge in [0.2, 0.25) is 15.9 Å². The zero-order valence-electron chi connectivity index (χ0n) is 14.1. The molecule has 134 valence electrons. The van der Waals surface area contributed by atoms with E-state index in [0.29, 0.717) is 32.4 Å². The number of rotatable bonds is 8. The third-order valence-electron chi connectivity index (χ3n) is 4.20. The molecule has 2 N–H and O–H groups in total. The maximum atomic E-state index is 12.2. The predicted octanol–water partition coefficient (Wildman–Crippen LogP) is 1.05. The third-order valence-corrected chi connectivity index (χ3v) is 6.16. The lowest BCUT2D eigenvalue weighted by Gasteiger charge is -2.31. The maximum Gasteiger partial charge on any atom is 0.326 e. The van der Waals surface area contributed by atoms with E-state index in [9.17, 15) is 18.0 Å². The summed E-state index contributed by atoms with van der Waals surface area (Å²) in [5, 5.41) is 11.7. The van der Waals surface area contributed by atoms with E-state index < -0.39 is 22.0 Å². The van der Waals surface area contributed by atoms with Crippen LogP contribution in [0.2, 0.25) is 0 Å². The van der Waals surface area contributed by atoms with Gasteiger partial charge in [-0.1, -0.05) is 27.2 Å². The van der Waals surface area contributed by atoms with Gasteiger partial charge in [-0.25, -0.2) is 17.5 Å². The predicted molar refractivity (Wildman–Crippen MR) is 87.4 cm³/mol. The molecule has 1 amide bonds. The largest absolute Gasteiger partial charge is 0.480 e. The van der Waals surface area contributed by atoms with Crippen molar-refractivity contribution in [1.29, 1.82) is 0 Å². The minimum atomic E-state index is -3.24. The Morgan fingerprint density at radius 1 is 1.26 bits per heavy atom. The first-order valence-electron chi connectivity index (χ1n) is 8.20. The van der Waals surface area contributed by atoms with Gasteiger partial charge in [0.1, 0.15) is 6.04 Å². The van der Waals surface area contributed by atoms with Crippen LogP contribution in [0.25, 0.3) is 0 Å². The first-order valence-corrected chi connectivity index (χ1v) is 9.81. The first kappa shape index (κ1) is 19.9. The Kier molecular flexibility index (Phi) is 7.47. The van der Waals surface area contributed by atoms with E-state index in [0.717, 1.165) is 6.42 Å². The smallest absolute Gasteiger partial charge is 0.326 e. The molecule has 1 saturated heterocycles. The summed E-state index contributed by atoms with van der Waals surface area (Å²) < 4.78 is 25.7. The first-order chi connectivity index (χ1) is 10.7. The van der Waals surface area contributed by atoms with Gasteiger partial charge in [-0.05, 0) is 25.2 Å². The second-order valence-electron chi connectivity index (χ2n) is 6.41. The van der Waals surface area contributed by atoms with Gasteiger partial charge < -0.3 is 10.4 Å². The van der Waals surface area contributed by atoms with Crippen LogP contribution in [-0.2, 0) is 19.6 Å². The minimum Gasteiger partial charge on any atom is -0.480 e. The average Bonchev–Trinajstić information content (AvgIpc) is 2.49. The van der Waals surface area contributed by atoms with Crippen molar-refractivity contribution >= 4 is 21.9 Å². The van der Waals surface area contributed by atoms with Crippen LogP contribution in [0.3, 0.4) is 0 Å². The monoisotopic (exact) mass is 348 g/mol. The van der Waals surface area contributed by atoms with Crippen LogP contribution in [-0.4, -0.2) is 54.6 Å². The summed E-state index contributed by atoms with van der Waals surface area (Å²) in [6, 6.07) is -0.909. The van der Waals surface area contributed by atoms with Crippen LogP contribution < -0.4 is 5.32 Å². The van der Waals surface area contributed by atoms with E-state index in [-0.39, 0.29) is 23.5 Å². The molecule has 1 fully saturated rings. The Morgan fingerprint density at radius 2 is 1.83 bits per heavy atom. The molecule has 7 nitrogen and oxygen atoms in total. The van der Waals surface area contributed by atoms with Crippen molar-refractivity contribution < 1.29 is 23.1 Å². The van der Waals surface area contributed by atoms with Gasteiger partial charge in [0.15, 0.2) is 0 Å². The topological polar surface area (TPSA) is 104 Å². The van der Waals surface area contributed by atoms with Crippen molar-refractivity contribution in [3.63, 3.8) is 0 Å². The van der Waals surface area contributed by atoms with Crippen LogP contribution in [0.5, 0.6) is 0 Å². The number of carbonyl (C=O) groups excluding carboxylic acids is 1. The SMILES string of the molecule is CCCCS(=O)(=O)N1CCC(C(=O)N[C@@H](C(=O)O)C(C)C)CC1. The molecule has 1 aliphatic rings. The molecular formula is C15H28N2O5S. The molecule has 0 aromatic carbocycles. The summed E-state index contributed by atoms with van der Waals surface area (Å²) in [6.07, 6.45) is 2.32. The van der Waals surface area contributed by atoms with E-state index in [1.807, 2.05) is 6.92 Å². The Labute approximate surface area is 138 Å². The van der Waals surface area contributed by atoms with Crippen molar-refractivity contribution in [3.05, 3.63) is 0 Å². The molecule has 8 heteroatoms. The van der Waals surface area contributed by atoms with Crippen LogP contribution in [0.15, 0.2) is 0 Å². The lowest BCUT2D eigenvalue weighted by Crippen LogP contribution is -2.49. The van der Waals surface area contributed by atoms with Gasteiger partial charge in [0.05, 0.1) is 5.75 Å². The number of aliphatic carboxylic acids is 1. The highest BCUT2D eigenvalue weighted by molar-refractivity contribution is 7.89. The van der Waals surface area contributed by atoms with Gasteiger partial charge in [-0.15, -0.1) is 0 Å². The second-order valence-corrected chi connectivity index (χ2v) is 8.50. The molecule has 0 aromatic rings. The van der Waals surface area contributed by atoms with Gasteiger partial charge >= 0.3 is 5.97 Å². The number of amides is 1. The molecule has 0 radical (unpaired) electrons. The number of piperidine rings is 1. The Morgan fingerprint density at radius 3 is 2.26 bits per heavy atom. The maximum absolute atomic E-state index is 12.2. The number of hydrogen-bond acceptors (Lipinski definition) is 4. The van der Waals surface area contributed by atoms with Crippen LogP contribution in [0.4, 0.5) is 0 Å². The Hall–Kier alpha value is -1.15. The van der Waals surface area contributed by atoms with E-state index >= 15 is 0 Å². The molecule has 0 unspecified atom stereocenters. The van der Waals surface area contributed by atoms with E-state index in [1.165, 1.54) is 4.31 Å². The Bertz CT molecular complexity index is 510. The lowest BCUT2D eigenvalue weighted by molar-refractivity contribution is -0.144. The summed E-state index contributed by atoms with van der Waals surface area (Å²) in [7, 11) is -3.24. The average molecular weight is 348 g/mol. The van der Waals surface area contributed by atoms with Crippen molar-refractivity contribution in [3.8, 4) is 0 Å².